The van der Waals surface area contributed by atoms with Crippen molar-refractivity contribution in [2.45, 2.75) is 25.9 Å². The van der Waals surface area contributed by atoms with Crippen LogP contribution in [-0.2, 0) is 9.47 Å². The second-order valence-electron chi connectivity index (χ2n) is 2.50. The topological polar surface area (TPSA) is 18.5 Å². The van der Waals surface area contributed by atoms with Gasteiger partial charge in [-0.15, -0.1) is 5.92 Å². The molecule has 62 valence electrons. The lowest BCUT2D eigenvalue weighted by atomic mass is 10.2. The largest absolute Gasteiger partial charge is 0.376 e. The molecular weight excluding hydrogens is 140 g/mol. The molecule has 2 nitrogen and oxygen atoms in total. The molecule has 0 aromatic carbocycles. The average Bonchev–Trinajstić information content (AvgIpc) is 1.93. The Balaban J connectivity index is 1.87. The molecule has 2 heteroatoms. The molecule has 1 fully saturated rings. The highest BCUT2D eigenvalue weighted by molar-refractivity contribution is 4.97. The Bertz CT molecular complexity index is 151. The summed E-state index contributed by atoms with van der Waals surface area (Å²) in [7, 11) is 0. The second kappa shape index (κ2) is 5.17. The number of hydrogen-bond acceptors (Lipinski definition) is 2. The summed E-state index contributed by atoms with van der Waals surface area (Å²) in [5.74, 6) is 5.85. The van der Waals surface area contributed by atoms with Crippen molar-refractivity contribution in [3.63, 3.8) is 0 Å². The molecule has 0 aromatic rings. The normalized spacial score (nSPS) is 21.7. The summed E-state index contributed by atoms with van der Waals surface area (Å²) in [5, 5.41) is 0. The van der Waals surface area contributed by atoms with Gasteiger partial charge in [-0.3, -0.25) is 0 Å². The van der Waals surface area contributed by atoms with Crippen LogP contribution < -0.4 is 0 Å². The monoisotopic (exact) mass is 154 g/mol. The third kappa shape index (κ3) is 3.41. The maximum atomic E-state index is 5.24. The molecule has 0 aromatic heterocycles. The summed E-state index contributed by atoms with van der Waals surface area (Å²) in [6, 6.07) is 0. The predicted octanol–water partition coefficient (Wildman–Crippen LogP) is 1.21. The molecule has 1 unspecified atom stereocenters. The fourth-order valence-corrected chi connectivity index (χ4v) is 0.833. The van der Waals surface area contributed by atoms with Crippen molar-refractivity contribution in [3.8, 4) is 11.8 Å². The Hall–Kier alpha value is -0.520. The molecule has 1 aliphatic heterocycles. The van der Waals surface area contributed by atoms with Gasteiger partial charge in [-0.05, 0) is 6.42 Å². The average molecular weight is 154 g/mol. The maximum Gasteiger partial charge on any atom is 0.107 e. The van der Waals surface area contributed by atoms with E-state index in [0.29, 0.717) is 19.3 Å². The van der Waals surface area contributed by atoms with E-state index in [2.05, 4.69) is 11.8 Å². The lowest BCUT2D eigenvalue weighted by Crippen LogP contribution is -2.31. The zero-order valence-corrected chi connectivity index (χ0v) is 6.93. The van der Waals surface area contributed by atoms with Crippen LogP contribution in [0.5, 0.6) is 0 Å². The fourth-order valence-electron chi connectivity index (χ4n) is 0.833. The quantitative estimate of drug-likeness (QED) is 0.449. The highest BCUT2D eigenvalue weighted by Gasteiger charge is 2.17. The Morgan fingerprint density at radius 3 is 2.91 bits per heavy atom. The van der Waals surface area contributed by atoms with Gasteiger partial charge in [-0.25, -0.2) is 0 Å². The standard InChI is InChI=1S/C9H14O2/c1-2-3-4-6-10-8-9-5-7-11-9/h9H,2,5-8H2,1H3. The fraction of sp³-hybridized carbons (Fsp3) is 0.778. The first-order valence-electron chi connectivity index (χ1n) is 4.08. The van der Waals surface area contributed by atoms with E-state index in [-0.39, 0.29) is 0 Å². The van der Waals surface area contributed by atoms with Crippen LogP contribution in [0.1, 0.15) is 19.8 Å². The minimum atomic E-state index is 0.346. The molecule has 1 heterocycles. The maximum absolute atomic E-state index is 5.24. The molecule has 0 aliphatic carbocycles. The van der Waals surface area contributed by atoms with Crippen molar-refractivity contribution in [3.05, 3.63) is 0 Å². The van der Waals surface area contributed by atoms with Crippen LogP contribution in [0.2, 0.25) is 0 Å². The lowest BCUT2D eigenvalue weighted by molar-refractivity contribution is -0.0896. The smallest absolute Gasteiger partial charge is 0.107 e. The third-order valence-electron chi connectivity index (χ3n) is 1.57. The predicted molar refractivity (Wildman–Crippen MR) is 43.2 cm³/mol. The SMILES string of the molecule is CCC#CCOCC1CCO1. The van der Waals surface area contributed by atoms with Gasteiger partial charge in [0.2, 0.25) is 0 Å². The molecule has 0 saturated carbocycles. The highest BCUT2D eigenvalue weighted by Crippen LogP contribution is 2.10. The first-order valence-corrected chi connectivity index (χ1v) is 4.08. The Morgan fingerprint density at radius 2 is 2.36 bits per heavy atom. The summed E-state index contributed by atoms with van der Waals surface area (Å²) in [4.78, 5) is 0. The van der Waals surface area contributed by atoms with Gasteiger partial charge in [-0.1, -0.05) is 12.8 Å². The van der Waals surface area contributed by atoms with E-state index in [1.165, 1.54) is 0 Å². The first kappa shape index (κ1) is 8.58. The highest BCUT2D eigenvalue weighted by atomic mass is 16.5. The van der Waals surface area contributed by atoms with Gasteiger partial charge >= 0.3 is 0 Å². The van der Waals surface area contributed by atoms with Crippen molar-refractivity contribution in [2.75, 3.05) is 19.8 Å². The summed E-state index contributed by atoms with van der Waals surface area (Å²) in [6.07, 6.45) is 2.39. The Labute approximate surface area is 67.9 Å². The second-order valence-corrected chi connectivity index (χ2v) is 2.50. The van der Waals surface area contributed by atoms with E-state index >= 15 is 0 Å². The van der Waals surface area contributed by atoms with Gasteiger partial charge < -0.3 is 9.47 Å². The van der Waals surface area contributed by atoms with Crippen LogP contribution in [0.15, 0.2) is 0 Å². The van der Waals surface area contributed by atoms with Crippen molar-refractivity contribution < 1.29 is 9.47 Å². The molecule has 11 heavy (non-hydrogen) atoms. The molecule has 0 bridgehead atoms. The molecule has 1 aliphatic rings. The van der Waals surface area contributed by atoms with E-state index in [1.54, 1.807) is 0 Å². The summed E-state index contributed by atoms with van der Waals surface area (Å²) < 4.78 is 10.4. The molecule has 0 spiro atoms. The van der Waals surface area contributed by atoms with Gasteiger partial charge in [0.15, 0.2) is 0 Å². The van der Waals surface area contributed by atoms with Crippen molar-refractivity contribution in [1.82, 2.24) is 0 Å². The number of rotatable bonds is 3. The van der Waals surface area contributed by atoms with Crippen LogP contribution in [0, 0.1) is 11.8 Å². The van der Waals surface area contributed by atoms with Crippen molar-refractivity contribution in [2.24, 2.45) is 0 Å². The minimum Gasteiger partial charge on any atom is -0.376 e. The van der Waals surface area contributed by atoms with Crippen molar-refractivity contribution >= 4 is 0 Å². The van der Waals surface area contributed by atoms with Crippen LogP contribution in [-0.4, -0.2) is 25.9 Å². The molecule has 1 atom stereocenters. The van der Waals surface area contributed by atoms with E-state index < -0.39 is 0 Å². The number of ether oxygens (including phenoxy) is 2. The van der Waals surface area contributed by atoms with Crippen LogP contribution in [0.25, 0.3) is 0 Å². The van der Waals surface area contributed by atoms with E-state index in [1.807, 2.05) is 6.92 Å². The lowest BCUT2D eigenvalue weighted by Gasteiger charge is -2.25. The van der Waals surface area contributed by atoms with Gasteiger partial charge in [0.1, 0.15) is 6.61 Å². The van der Waals surface area contributed by atoms with E-state index in [0.717, 1.165) is 19.4 Å². The Kier molecular flexibility index (Phi) is 4.03. The van der Waals surface area contributed by atoms with Crippen LogP contribution in [0.4, 0.5) is 0 Å². The zero-order chi connectivity index (χ0) is 7.94. The van der Waals surface area contributed by atoms with Gasteiger partial charge in [0.25, 0.3) is 0 Å². The molecule has 1 saturated heterocycles. The summed E-state index contributed by atoms with van der Waals surface area (Å²) >= 11 is 0. The van der Waals surface area contributed by atoms with Gasteiger partial charge in [0.05, 0.1) is 12.7 Å². The van der Waals surface area contributed by atoms with Crippen molar-refractivity contribution in [1.29, 1.82) is 0 Å². The third-order valence-corrected chi connectivity index (χ3v) is 1.57. The zero-order valence-electron chi connectivity index (χ0n) is 6.93. The van der Waals surface area contributed by atoms with Crippen LogP contribution >= 0.6 is 0 Å². The van der Waals surface area contributed by atoms with Crippen LogP contribution in [0.3, 0.4) is 0 Å². The van der Waals surface area contributed by atoms with E-state index in [4.69, 9.17) is 9.47 Å². The Morgan fingerprint density at radius 1 is 1.55 bits per heavy atom. The van der Waals surface area contributed by atoms with E-state index in [9.17, 15) is 0 Å². The minimum absolute atomic E-state index is 0.346. The molecule has 0 radical (unpaired) electrons. The number of hydrogen-bond donors (Lipinski definition) is 0. The van der Waals surface area contributed by atoms with Gasteiger partial charge in [-0.2, -0.15) is 0 Å². The summed E-state index contributed by atoms with van der Waals surface area (Å²) in [6.45, 7) is 4.18. The summed E-state index contributed by atoms with van der Waals surface area (Å²) in [5.41, 5.74) is 0. The first-order chi connectivity index (χ1) is 5.43. The molecular formula is C9H14O2. The molecule has 0 amide bonds. The van der Waals surface area contributed by atoms with Gasteiger partial charge in [0, 0.05) is 13.0 Å². The molecule has 0 N–H and O–H groups in total. The molecule has 1 rings (SSSR count).